The van der Waals surface area contributed by atoms with Crippen LogP contribution in [0.25, 0.3) is 0 Å². The molecule has 2 aromatic carbocycles. The second-order valence-electron chi connectivity index (χ2n) is 6.75. The van der Waals surface area contributed by atoms with Crippen molar-refractivity contribution in [2.75, 3.05) is 38.0 Å². The summed E-state index contributed by atoms with van der Waals surface area (Å²) in [5, 5.41) is 13.7. The minimum atomic E-state index is -3.99. The topological polar surface area (TPSA) is 113 Å². The summed E-state index contributed by atoms with van der Waals surface area (Å²) >= 11 is 0. The largest absolute Gasteiger partial charge is 0.324 e. The summed E-state index contributed by atoms with van der Waals surface area (Å²) in [7, 11) is -3.99. The molecule has 11 heteroatoms. The van der Waals surface area contributed by atoms with Gasteiger partial charge in [-0.25, -0.2) is 12.8 Å². The fourth-order valence-corrected chi connectivity index (χ4v) is 4.77. The van der Waals surface area contributed by atoms with Crippen molar-refractivity contribution >= 4 is 27.3 Å². The van der Waals surface area contributed by atoms with Crippen molar-refractivity contribution in [3.05, 3.63) is 64.5 Å². The predicted molar refractivity (Wildman–Crippen MR) is 108 cm³/mol. The molecule has 1 saturated heterocycles. The van der Waals surface area contributed by atoms with E-state index in [0.717, 1.165) is 6.07 Å². The fraction of sp³-hybridized carbons (Fsp3) is 0.316. The van der Waals surface area contributed by atoms with E-state index in [0.29, 0.717) is 19.6 Å². The molecule has 0 bridgehead atoms. The van der Waals surface area contributed by atoms with Crippen molar-refractivity contribution < 1.29 is 22.5 Å². The van der Waals surface area contributed by atoms with Crippen LogP contribution in [0.1, 0.15) is 6.42 Å². The zero-order valence-corrected chi connectivity index (χ0v) is 16.8. The second-order valence-corrected chi connectivity index (χ2v) is 8.65. The van der Waals surface area contributed by atoms with Crippen LogP contribution in [0, 0.1) is 15.9 Å². The highest BCUT2D eigenvalue weighted by Gasteiger charge is 2.33. The summed E-state index contributed by atoms with van der Waals surface area (Å²) in [6.07, 6.45) is 0.130. The van der Waals surface area contributed by atoms with Gasteiger partial charge in [-0.3, -0.25) is 14.9 Å². The third-order valence-electron chi connectivity index (χ3n) is 4.81. The molecule has 1 N–H and O–H groups in total. The number of hydrogen-bond acceptors (Lipinski definition) is 6. The van der Waals surface area contributed by atoms with Gasteiger partial charge in [0.2, 0.25) is 15.9 Å². The molecule has 2 aromatic rings. The van der Waals surface area contributed by atoms with E-state index in [1.807, 2.05) is 4.90 Å². The first-order chi connectivity index (χ1) is 14.3. The molecule has 160 valence electrons. The lowest BCUT2D eigenvalue weighted by molar-refractivity contribution is -0.387. The molecule has 0 unspecified atom stereocenters. The van der Waals surface area contributed by atoms with E-state index < -0.39 is 26.5 Å². The predicted octanol–water partition coefficient (Wildman–Crippen LogP) is 2.07. The third-order valence-corrected chi connectivity index (χ3v) is 6.76. The van der Waals surface area contributed by atoms with Crippen molar-refractivity contribution in [3.8, 4) is 0 Å². The number of carbonyl (C=O) groups is 1. The van der Waals surface area contributed by atoms with Crippen molar-refractivity contribution in [3.63, 3.8) is 0 Å². The maximum atomic E-state index is 13.6. The number of benzene rings is 2. The van der Waals surface area contributed by atoms with Crippen LogP contribution in [0.5, 0.6) is 0 Å². The summed E-state index contributed by atoms with van der Waals surface area (Å²) < 4.78 is 40.4. The molecule has 0 aliphatic carbocycles. The Hall–Kier alpha value is -2.89. The standard InChI is InChI=1S/C19H21FN4O5S/c20-15-5-1-2-6-16(15)21-19(25)9-10-22-11-13-23(14-12-22)30(28,29)18-8-4-3-7-17(18)24(26)27/h1-8H,9-14H2,(H,21,25). The van der Waals surface area contributed by atoms with Gasteiger partial charge in [-0.15, -0.1) is 0 Å². The number of nitro groups is 1. The number of rotatable bonds is 7. The lowest BCUT2D eigenvalue weighted by Gasteiger charge is -2.33. The van der Waals surface area contributed by atoms with Crippen LogP contribution in [0.2, 0.25) is 0 Å². The summed E-state index contributed by atoms with van der Waals surface area (Å²) in [6, 6.07) is 11.1. The van der Waals surface area contributed by atoms with E-state index in [2.05, 4.69) is 5.32 Å². The Bertz CT molecular complexity index is 1040. The van der Waals surface area contributed by atoms with Gasteiger partial charge in [0.25, 0.3) is 5.69 Å². The van der Waals surface area contributed by atoms with E-state index in [1.165, 1.54) is 40.7 Å². The Morgan fingerprint density at radius 1 is 1.07 bits per heavy atom. The number of piperazine rings is 1. The van der Waals surface area contributed by atoms with Crippen molar-refractivity contribution in [2.24, 2.45) is 0 Å². The molecule has 9 nitrogen and oxygen atoms in total. The van der Waals surface area contributed by atoms with Gasteiger partial charge in [-0.05, 0) is 18.2 Å². The van der Waals surface area contributed by atoms with Crippen molar-refractivity contribution in [1.82, 2.24) is 9.21 Å². The molecule has 1 aliphatic heterocycles. The Morgan fingerprint density at radius 3 is 2.37 bits per heavy atom. The van der Waals surface area contributed by atoms with E-state index >= 15 is 0 Å². The van der Waals surface area contributed by atoms with Crippen molar-refractivity contribution in [1.29, 1.82) is 0 Å². The number of amides is 1. The van der Waals surface area contributed by atoms with Crippen LogP contribution in [-0.2, 0) is 14.8 Å². The summed E-state index contributed by atoms with van der Waals surface area (Å²) in [5.41, 5.74) is -0.340. The smallest absolute Gasteiger partial charge is 0.289 e. The van der Waals surface area contributed by atoms with Gasteiger partial charge in [0.15, 0.2) is 4.90 Å². The van der Waals surface area contributed by atoms with E-state index in [4.69, 9.17) is 0 Å². The Labute approximate surface area is 173 Å². The molecule has 0 radical (unpaired) electrons. The number of nitrogens with one attached hydrogen (secondary N) is 1. The molecule has 1 aliphatic rings. The maximum absolute atomic E-state index is 13.6. The van der Waals surface area contributed by atoms with Gasteiger partial charge in [-0.1, -0.05) is 24.3 Å². The average Bonchev–Trinajstić information content (AvgIpc) is 2.74. The maximum Gasteiger partial charge on any atom is 0.289 e. The monoisotopic (exact) mass is 436 g/mol. The Morgan fingerprint density at radius 2 is 1.70 bits per heavy atom. The van der Waals surface area contributed by atoms with Gasteiger partial charge in [0.1, 0.15) is 5.82 Å². The van der Waals surface area contributed by atoms with Crippen LogP contribution < -0.4 is 5.32 Å². The third kappa shape index (κ3) is 4.99. The number of para-hydroxylation sites is 2. The zero-order valence-electron chi connectivity index (χ0n) is 16.0. The van der Waals surface area contributed by atoms with Crippen molar-refractivity contribution in [2.45, 2.75) is 11.3 Å². The molecular formula is C19H21FN4O5S. The minimum Gasteiger partial charge on any atom is -0.324 e. The van der Waals surface area contributed by atoms with Crippen LogP contribution in [-0.4, -0.2) is 61.2 Å². The lowest BCUT2D eigenvalue weighted by atomic mass is 10.2. The number of carbonyl (C=O) groups excluding carboxylic acids is 1. The lowest BCUT2D eigenvalue weighted by Crippen LogP contribution is -2.49. The first kappa shape index (κ1) is 21.8. The first-order valence-electron chi connectivity index (χ1n) is 9.29. The SMILES string of the molecule is O=C(CCN1CCN(S(=O)(=O)c2ccccc2[N+](=O)[O-])CC1)Nc1ccccc1F. The molecule has 1 amide bonds. The number of nitrogens with zero attached hydrogens (tertiary/aromatic N) is 3. The van der Waals surface area contributed by atoms with Crippen LogP contribution in [0.4, 0.5) is 15.8 Å². The highest BCUT2D eigenvalue weighted by Crippen LogP contribution is 2.26. The van der Waals surface area contributed by atoms with Gasteiger partial charge >= 0.3 is 0 Å². The number of hydrogen-bond donors (Lipinski definition) is 1. The van der Waals surface area contributed by atoms with Gasteiger partial charge in [0.05, 0.1) is 10.6 Å². The van der Waals surface area contributed by atoms with Gasteiger partial charge in [-0.2, -0.15) is 4.31 Å². The van der Waals surface area contributed by atoms with Crippen LogP contribution >= 0.6 is 0 Å². The molecule has 3 rings (SSSR count). The Kier molecular flexibility index (Phi) is 6.75. The zero-order chi connectivity index (χ0) is 21.7. The van der Waals surface area contributed by atoms with Gasteiger partial charge < -0.3 is 10.2 Å². The molecule has 30 heavy (non-hydrogen) atoms. The quantitative estimate of drug-likeness (QED) is 0.525. The molecule has 0 spiro atoms. The van der Waals surface area contributed by atoms with E-state index in [9.17, 15) is 27.7 Å². The van der Waals surface area contributed by atoms with E-state index in [1.54, 1.807) is 6.07 Å². The summed E-state index contributed by atoms with van der Waals surface area (Å²) in [4.78, 5) is 24.1. The minimum absolute atomic E-state index is 0.114. The summed E-state index contributed by atoms with van der Waals surface area (Å²) in [6.45, 7) is 1.46. The van der Waals surface area contributed by atoms with Crippen LogP contribution in [0.3, 0.4) is 0 Å². The molecule has 0 saturated carbocycles. The molecule has 1 fully saturated rings. The normalized spacial score (nSPS) is 15.6. The van der Waals surface area contributed by atoms with Gasteiger partial charge in [0, 0.05) is 45.2 Å². The number of nitro benzene ring substituents is 1. The van der Waals surface area contributed by atoms with E-state index in [-0.39, 0.29) is 36.0 Å². The number of sulfonamides is 1. The van der Waals surface area contributed by atoms with Crippen LogP contribution in [0.15, 0.2) is 53.4 Å². The molecule has 0 atom stereocenters. The molecule has 1 heterocycles. The molecular weight excluding hydrogens is 415 g/mol. The highest BCUT2D eigenvalue weighted by atomic mass is 32.2. The average molecular weight is 436 g/mol. The number of anilines is 1. The number of halogens is 1. The second kappa shape index (κ2) is 9.28. The fourth-order valence-electron chi connectivity index (χ4n) is 3.19. The summed E-state index contributed by atoms with van der Waals surface area (Å²) in [5.74, 6) is -0.852. The first-order valence-corrected chi connectivity index (χ1v) is 10.7. The molecule has 0 aromatic heterocycles. The highest BCUT2D eigenvalue weighted by molar-refractivity contribution is 7.89. The Balaban J connectivity index is 1.54.